The molecule has 0 bridgehead atoms. The number of halogens is 5. The molecule has 8 heteroatoms. The van der Waals surface area contributed by atoms with Gasteiger partial charge < -0.3 is 4.90 Å². The van der Waals surface area contributed by atoms with Gasteiger partial charge in [-0.3, -0.25) is 0 Å². The first-order valence-electron chi connectivity index (χ1n) is 6.03. The van der Waals surface area contributed by atoms with Crippen LogP contribution >= 0.6 is 11.6 Å². The van der Waals surface area contributed by atoms with Crippen LogP contribution in [0.15, 0.2) is 18.3 Å². The Bertz CT molecular complexity index is 708. The van der Waals surface area contributed by atoms with E-state index in [0.717, 1.165) is 17.2 Å². The normalized spacial score (nSPS) is 13.9. The summed E-state index contributed by atoms with van der Waals surface area (Å²) >= 11 is 5.61. The van der Waals surface area contributed by atoms with Crippen LogP contribution in [0, 0.1) is 11.6 Å². The second kappa shape index (κ2) is 5.14. The predicted molar refractivity (Wildman–Crippen MR) is 69.4 cm³/mol. The molecule has 1 aliphatic heterocycles. The van der Waals surface area contributed by atoms with Crippen LogP contribution in [0.3, 0.4) is 0 Å². The Morgan fingerprint density at radius 1 is 1.24 bits per heavy atom. The lowest BCUT2D eigenvalue weighted by molar-refractivity contribution is 0.145. The molecule has 1 aromatic heterocycles. The zero-order chi connectivity index (χ0) is 15.1. The first-order chi connectivity index (χ1) is 9.97. The van der Waals surface area contributed by atoms with Gasteiger partial charge in [-0.25, -0.2) is 18.7 Å². The number of fused-ring (bicyclic) bond motifs is 1. The van der Waals surface area contributed by atoms with Gasteiger partial charge in [0.05, 0.1) is 11.9 Å². The lowest BCUT2D eigenvalue weighted by Gasteiger charge is -2.21. The first-order valence-corrected chi connectivity index (χ1v) is 6.41. The Morgan fingerprint density at radius 3 is 2.71 bits per heavy atom. The van der Waals surface area contributed by atoms with Crippen molar-refractivity contribution in [2.24, 2.45) is 0 Å². The third kappa shape index (κ3) is 2.42. The predicted octanol–water partition coefficient (Wildman–Crippen LogP) is 3.66. The Hall–Kier alpha value is -1.89. The first kappa shape index (κ1) is 14.1. The van der Waals surface area contributed by atoms with Crippen LogP contribution in [0.5, 0.6) is 0 Å². The van der Waals surface area contributed by atoms with Gasteiger partial charge in [-0.05, 0) is 35.7 Å². The molecule has 1 aromatic carbocycles. The lowest BCUT2D eigenvalue weighted by Crippen LogP contribution is -2.26. The number of aromatic nitrogens is 2. The summed E-state index contributed by atoms with van der Waals surface area (Å²) in [5.74, 6) is -1.50. The van der Waals surface area contributed by atoms with Crippen LogP contribution in [0.25, 0.3) is 11.3 Å². The summed E-state index contributed by atoms with van der Waals surface area (Å²) in [6.45, 7) is -2.74. The summed E-state index contributed by atoms with van der Waals surface area (Å²) in [4.78, 5) is 7.95. The van der Waals surface area contributed by atoms with Crippen molar-refractivity contribution in [3.05, 3.63) is 40.8 Å². The molecule has 0 aliphatic carbocycles. The van der Waals surface area contributed by atoms with Gasteiger partial charge in [0.25, 0.3) is 0 Å². The van der Waals surface area contributed by atoms with Gasteiger partial charge in [0.2, 0.25) is 5.28 Å². The number of hydrogen-bond donors (Lipinski definition) is 0. The third-order valence-electron chi connectivity index (χ3n) is 3.27. The molecule has 0 atom stereocenters. The summed E-state index contributed by atoms with van der Waals surface area (Å²) < 4.78 is 53.7. The SMILES string of the molecule is Fc1cc2c(c(-c3nc(Cl)ncc3F)c1)N(C(F)F)CC2. The largest absolute Gasteiger partial charge is 0.315 e. The molecule has 0 spiro atoms. The quantitative estimate of drug-likeness (QED) is 0.481. The highest BCUT2D eigenvalue weighted by molar-refractivity contribution is 6.28. The fraction of sp³-hybridized carbons (Fsp3) is 0.231. The minimum absolute atomic E-state index is 0.0316. The standard InChI is InChI=1S/C13H8ClF4N3/c14-12-19-5-9(16)10(20-12)8-4-7(15)3-6-1-2-21(11(6)8)13(17)18/h3-5,13H,1-2H2. The molecule has 0 amide bonds. The topological polar surface area (TPSA) is 29.0 Å². The van der Waals surface area contributed by atoms with E-state index in [1.807, 2.05) is 0 Å². The highest BCUT2D eigenvalue weighted by atomic mass is 35.5. The molecule has 110 valence electrons. The Kier molecular flexibility index (Phi) is 3.44. The Morgan fingerprint density at radius 2 is 2.00 bits per heavy atom. The molecule has 0 saturated carbocycles. The van der Waals surface area contributed by atoms with Gasteiger partial charge in [0, 0.05) is 12.1 Å². The van der Waals surface area contributed by atoms with Crippen molar-refractivity contribution in [1.29, 1.82) is 0 Å². The van der Waals surface area contributed by atoms with Gasteiger partial charge >= 0.3 is 6.55 Å². The minimum atomic E-state index is -2.77. The monoisotopic (exact) mass is 317 g/mol. The zero-order valence-corrected chi connectivity index (χ0v) is 11.2. The van der Waals surface area contributed by atoms with E-state index in [-0.39, 0.29) is 35.2 Å². The molecule has 0 fully saturated rings. The average Bonchev–Trinajstić information content (AvgIpc) is 2.84. The molecule has 21 heavy (non-hydrogen) atoms. The van der Waals surface area contributed by atoms with Crippen molar-refractivity contribution in [1.82, 2.24) is 9.97 Å². The average molecular weight is 318 g/mol. The molecular formula is C13H8ClF4N3. The van der Waals surface area contributed by atoms with Crippen LogP contribution in [0.2, 0.25) is 5.28 Å². The van der Waals surface area contributed by atoms with Crippen LogP contribution in [0.1, 0.15) is 5.56 Å². The van der Waals surface area contributed by atoms with Gasteiger partial charge in [-0.15, -0.1) is 0 Å². The van der Waals surface area contributed by atoms with Crippen molar-refractivity contribution >= 4 is 17.3 Å². The molecule has 3 rings (SSSR count). The smallest absolute Gasteiger partial charge is 0.315 e. The van der Waals surface area contributed by atoms with Crippen molar-refractivity contribution in [3.63, 3.8) is 0 Å². The van der Waals surface area contributed by atoms with Gasteiger partial charge in [-0.1, -0.05) is 0 Å². The zero-order valence-electron chi connectivity index (χ0n) is 10.5. The summed E-state index contributed by atoms with van der Waals surface area (Å²) in [6.07, 6.45) is 1.08. The van der Waals surface area contributed by atoms with Crippen molar-refractivity contribution in [2.45, 2.75) is 13.0 Å². The Labute approximate surface area is 122 Å². The second-order valence-electron chi connectivity index (χ2n) is 4.52. The van der Waals surface area contributed by atoms with E-state index in [9.17, 15) is 17.6 Å². The van der Waals surface area contributed by atoms with E-state index in [2.05, 4.69) is 9.97 Å². The number of nitrogens with zero attached hydrogens (tertiary/aromatic N) is 3. The molecule has 0 saturated heterocycles. The summed E-state index contributed by atoms with van der Waals surface area (Å²) in [5, 5.41) is -0.244. The number of rotatable bonds is 2. The van der Waals surface area contributed by atoms with Crippen LogP contribution in [-0.4, -0.2) is 23.1 Å². The highest BCUT2D eigenvalue weighted by Gasteiger charge is 2.30. The number of benzene rings is 1. The highest BCUT2D eigenvalue weighted by Crippen LogP contribution is 2.40. The third-order valence-corrected chi connectivity index (χ3v) is 3.45. The maximum Gasteiger partial charge on any atom is 0.315 e. The van der Waals surface area contributed by atoms with Crippen LogP contribution in [0.4, 0.5) is 23.2 Å². The van der Waals surface area contributed by atoms with Gasteiger partial charge in [-0.2, -0.15) is 8.78 Å². The van der Waals surface area contributed by atoms with E-state index < -0.39 is 18.2 Å². The van der Waals surface area contributed by atoms with Crippen LogP contribution < -0.4 is 4.90 Å². The summed E-state index contributed by atoms with van der Waals surface area (Å²) in [5.41, 5.74) is 0.127. The molecule has 0 N–H and O–H groups in total. The fourth-order valence-corrected chi connectivity index (χ4v) is 2.58. The molecule has 3 nitrogen and oxygen atoms in total. The maximum atomic E-state index is 13.9. The van der Waals surface area contributed by atoms with E-state index in [1.165, 1.54) is 6.07 Å². The summed E-state index contributed by atoms with van der Waals surface area (Å²) in [6, 6.07) is 2.14. The maximum absolute atomic E-state index is 13.9. The lowest BCUT2D eigenvalue weighted by atomic mass is 10.0. The van der Waals surface area contributed by atoms with E-state index >= 15 is 0 Å². The number of anilines is 1. The van der Waals surface area contributed by atoms with Gasteiger partial charge in [0.1, 0.15) is 11.5 Å². The molecule has 0 radical (unpaired) electrons. The second-order valence-corrected chi connectivity index (χ2v) is 4.86. The summed E-state index contributed by atoms with van der Waals surface area (Å²) in [7, 11) is 0. The fourth-order valence-electron chi connectivity index (χ4n) is 2.45. The van der Waals surface area contributed by atoms with Crippen molar-refractivity contribution < 1.29 is 17.6 Å². The van der Waals surface area contributed by atoms with Crippen molar-refractivity contribution in [2.75, 3.05) is 11.4 Å². The van der Waals surface area contributed by atoms with Crippen molar-refractivity contribution in [3.8, 4) is 11.3 Å². The molecule has 0 unspecified atom stereocenters. The number of alkyl halides is 2. The minimum Gasteiger partial charge on any atom is -0.315 e. The molecule has 2 heterocycles. The number of hydrogen-bond acceptors (Lipinski definition) is 3. The van der Waals surface area contributed by atoms with E-state index in [0.29, 0.717) is 5.56 Å². The van der Waals surface area contributed by atoms with Crippen LogP contribution in [-0.2, 0) is 6.42 Å². The molecule has 2 aromatic rings. The van der Waals surface area contributed by atoms with E-state index in [1.54, 1.807) is 0 Å². The van der Waals surface area contributed by atoms with Gasteiger partial charge in [0.15, 0.2) is 5.82 Å². The molecular weight excluding hydrogens is 310 g/mol. The Balaban J connectivity index is 2.26. The van der Waals surface area contributed by atoms with E-state index in [4.69, 9.17) is 11.6 Å². The molecule has 1 aliphatic rings.